The molecule has 0 amide bonds. The molecule has 0 aliphatic heterocycles. The van der Waals surface area contributed by atoms with Gasteiger partial charge in [-0.15, -0.1) is 11.3 Å². The summed E-state index contributed by atoms with van der Waals surface area (Å²) >= 11 is 3.38. The molecule has 2 aromatic carbocycles. The zero-order chi connectivity index (χ0) is 24.6. The first-order chi connectivity index (χ1) is 16.8. The topological polar surface area (TPSA) is 44.1 Å². The van der Waals surface area contributed by atoms with Crippen molar-refractivity contribution in [3.8, 4) is 11.4 Å². The molecule has 2 aromatic heterocycles. The van der Waals surface area contributed by atoms with Crippen LogP contribution in [0.3, 0.4) is 0 Å². The lowest BCUT2D eigenvalue weighted by atomic mass is 9.72. The Bertz CT molecular complexity index is 1380. The molecule has 1 aliphatic rings. The van der Waals surface area contributed by atoms with E-state index >= 15 is 0 Å². The Morgan fingerprint density at radius 1 is 1.11 bits per heavy atom. The van der Waals surface area contributed by atoms with E-state index < -0.39 is 0 Å². The van der Waals surface area contributed by atoms with Gasteiger partial charge in [0.1, 0.15) is 10.6 Å². The molecule has 6 heteroatoms. The van der Waals surface area contributed by atoms with Gasteiger partial charge >= 0.3 is 0 Å². The van der Waals surface area contributed by atoms with E-state index in [2.05, 4.69) is 45.0 Å². The van der Waals surface area contributed by atoms with Crippen molar-refractivity contribution in [1.82, 2.24) is 9.55 Å². The third-order valence-electron chi connectivity index (χ3n) is 7.07. The van der Waals surface area contributed by atoms with Crippen LogP contribution in [0.2, 0.25) is 0 Å². The molecule has 0 fully saturated rings. The molecule has 4 aromatic rings. The third-order valence-corrected chi connectivity index (χ3v) is 9.16. The normalized spacial score (nSPS) is 15.8. The van der Waals surface area contributed by atoms with Crippen molar-refractivity contribution in [2.75, 3.05) is 12.9 Å². The molecule has 35 heavy (non-hydrogen) atoms. The van der Waals surface area contributed by atoms with E-state index in [-0.39, 0.29) is 11.0 Å². The number of aryl methyl sites for hydroxylation is 2. The SMILES string of the molecule is COc1ccc(-n2c(SCCc3ccccc3)nc3sc4c(c3c2=O)CC[C@H](C(C)(C)C)C4)cc1. The van der Waals surface area contributed by atoms with E-state index in [0.717, 1.165) is 58.2 Å². The molecule has 0 saturated heterocycles. The maximum atomic E-state index is 14.0. The van der Waals surface area contributed by atoms with Gasteiger partial charge in [0.25, 0.3) is 5.56 Å². The number of aromatic nitrogens is 2. The van der Waals surface area contributed by atoms with E-state index in [4.69, 9.17) is 9.72 Å². The van der Waals surface area contributed by atoms with Crippen LogP contribution in [-0.2, 0) is 19.3 Å². The summed E-state index contributed by atoms with van der Waals surface area (Å²) in [7, 11) is 1.65. The first-order valence-corrected chi connectivity index (χ1v) is 14.0. The van der Waals surface area contributed by atoms with Gasteiger partial charge in [0.15, 0.2) is 5.16 Å². The highest BCUT2D eigenvalue weighted by Crippen LogP contribution is 2.42. The number of benzene rings is 2. The standard InChI is InChI=1S/C29H32N2O2S2/c1-29(2,3)20-10-15-23-24(18-20)35-26-25(23)27(32)31(21-11-13-22(33-4)14-12-21)28(30-26)34-17-16-19-8-6-5-7-9-19/h5-9,11-14,20H,10,15-18H2,1-4H3/t20-/m0/s1. The van der Waals surface area contributed by atoms with Crippen LogP contribution in [0.5, 0.6) is 5.75 Å². The Kier molecular flexibility index (Phi) is 6.78. The van der Waals surface area contributed by atoms with Crippen molar-refractivity contribution in [2.45, 2.75) is 51.6 Å². The fourth-order valence-corrected chi connectivity index (χ4v) is 7.25. The molecule has 1 atom stereocenters. The zero-order valence-electron chi connectivity index (χ0n) is 20.8. The van der Waals surface area contributed by atoms with Crippen molar-refractivity contribution in [3.05, 3.63) is 81.0 Å². The average molecular weight is 505 g/mol. The Hall–Kier alpha value is -2.57. The van der Waals surface area contributed by atoms with Gasteiger partial charge in [0.2, 0.25) is 0 Å². The van der Waals surface area contributed by atoms with Crippen LogP contribution in [-0.4, -0.2) is 22.4 Å². The molecule has 0 radical (unpaired) electrons. The summed E-state index contributed by atoms with van der Waals surface area (Å²) in [5.74, 6) is 2.26. The Balaban J connectivity index is 1.57. The van der Waals surface area contributed by atoms with Crippen LogP contribution in [0.4, 0.5) is 0 Å². The van der Waals surface area contributed by atoms with Gasteiger partial charge in [0.05, 0.1) is 18.2 Å². The van der Waals surface area contributed by atoms with Gasteiger partial charge in [-0.3, -0.25) is 9.36 Å². The molecular formula is C29H32N2O2S2. The third kappa shape index (κ3) is 4.91. The summed E-state index contributed by atoms with van der Waals surface area (Å²) in [6.45, 7) is 6.98. The van der Waals surface area contributed by atoms with E-state index in [1.54, 1.807) is 34.8 Å². The quantitative estimate of drug-likeness (QED) is 0.211. The van der Waals surface area contributed by atoms with E-state index in [0.29, 0.717) is 5.92 Å². The summed E-state index contributed by atoms with van der Waals surface area (Å²) in [5, 5.41) is 1.58. The van der Waals surface area contributed by atoms with Gasteiger partial charge in [-0.2, -0.15) is 0 Å². The number of fused-ring (bicyclic) bond motifs is 3. The number of thioether (sulfide) groups is 1. The van der Waals surface area contributed by atoms with Crippen LogP contribution in [0.25, 0.3) is 15.9 Å². The highest BCUT2D eigenvalue weighted by Gasteiger charge is 2.32. The highest BCUT2D eigenvalue weighted by atomic mass is 32.2. The van der Waals surface area contributed by atoms with E-state index in [9.17, 15) is 4.79 Å². The highest BCUT2D eigenvalue weighted by molar-refractivity contribution is 7.99. The monoisotopic (exact) mass is 504 g/mol. The fraction of sp³-hybridized carbons (Fsp3) is 0.379. The van der Waals surface area contributed by atoms with Gasteiger partial charge in [-0.1, -0.05) is 62.9 Å². The number of hydrogen-bond acceptors (Lipinski definition) is 5. The largest absolute Gasteiger partial charge is 0.497 e. The average Bonchev–Trinajstić information content (AvgIpc) is 3.22. The number of ether oxygens (including phenoxy) is 1. The van der Waals surface area contributed by atoms with E-state index in [1.165, 1.54) is 16.0 Å². The maximum absolute atomic E-state index is 14.0. The maximum Gasteiger partial charge on any atom is 0.267 e. The number of methoxy groups -OCH3 is 1. The molecule has 4 nitrogen and oxygen atoms in total. The minimum Gasteiger partial charge on any atom is -0.497 e. The molecule has 0 unspecified atom stereocenters. The lowest BCUT2D eigenvalue weighted by Gasteiger charge is -2.33. The molecular weight excluding hydrogens is 472 g/mol. The number of rotatable bonds is 6. The minimum absolute atomic E-state index is 0.0501. The lowest BCUT2D eigenvalue weighted by Crippen LogP contribution is -2.27. The molecule has 0 bridgehead atoms. The van der Waals surface area contributed by atoms with Crippen molar-refractivity contribution in [1.29, 1.82) is 0 Å². The number of nitrogens with zero attached hydrogens (tertiary/aromatic N) is 2. The summed E-state index contributed by atoms with van der Waals surface area (Å²) in [6, 6.07) is 18.2. The molecule has 5 rings (SSSR count). The summed E-state index contributed by atoms with van der Waals surface area (Å²) in [4.78, 5) is 21.4. The molecule has 1 aliphatic carbocycles. The van der Waals surface area contributed by atoms with E-state index in [1.807, 2.05) is 30.3 Å². The molecule has 0 spiro atoms. The second kappa shape index (κ2) is 9.82. The van der Waals surface area contributed by atoms with Crippen molar-refractivity contribution in [2.24, 2.45) is 11.3 Å². The van der Waals surface area contributed by atoms with Gasteiger partial charge in [-0.05, 0) is 72.4 Å². The second-order valence-corrected chi connectivity index (χ2v) is 12.5. The van der Waals surface area contributed by atoms with Crippen molar-refractivity contribution >= 4 is 33.3 Å². The summed E-state index contributed by atoms with van der Waals surface area (Å²) in [6.07, 6.45) is 4.05. The van der Waals surface area contributed by atoms with Crippen LogP contribution in [0.15, 0.2) is 64.5 Å². The molecule has 2 heterocycles. The molecule has 0 saturated carbocycles. The number of thiophene rings is 1. The Labute approximate surface area is 215 Å². The minimum atomic E-state index is 0.0501. The molecule has 182 valence electrons. The van der Waals surface area contributed by atoms with Crippen LogP contribution < -0.4 is 10.3 Å². The van der Waals surface area contributed by atoms with Gasteiger partial charge in [0, 0.05) is 10.6 Å². The Morgan fingerprint density at radius 3 is 2.54 bits per heavy atom. The van der Waals surface area contributed by atoms with Gasteiger partial charge in [-0.25, -0.2) is 4.98 Å². The van der Waals surface area contributed by atoms with Crippen molar-refractivity contribution < 1.29 is 4.74 Å². The fourth-order valence-electron chi connectivity index (χ4n) is 4.91. The predicted molar refractivity (Wildman–Crippen MR) is 148 cm³/mol. The first kappa shape index (κ1) is 24.1. The summed E-state index contributed by atoms with van der Waals surface area (Å²) < 4.78 is 7.15. The second-order valence-electron chi connectivity index (χ2n) is 10.3. The Morgan fingerprint density at radius 2 is 1.86 bits per heavy atom. The zero-order valence-corrected chi connectivity index (χ0v) is 22.5. The van der Waals surface area contributed by atoms with Gasteiger partial charge < -0.3 is 4.74 Å². The smallest absolute Gasteiger partial charge is 0.267 e. The van der Waals surface area contributed by atoms with Crippen LogP contribution >= 0.6 is 23.1 Å². The molecule has 0 N–H and O–H groups in total. The lowest BCUT2D eigenvalue weighted by molar-refractivity contribution is 0.218. The van der Waals surface area contributed by atoms with Crippen molar-refractivity contribution in [3.63, 3.8) is 0 Å². The number of hydrogen-bond donors (Lipinski definition) is 0. The summed E-state index contributed by atoms with van der Waals surface area (Å²) in [5.41, 5.74) is 3.67. The van der Waals surface area contributed by atoms with Crippen LogP contribution in [0.1, 0.15) is 43.2 Å². The predicted octanol–water partition coefficient (Wildman–Crippen LogP) is 6.94. The van der Waals surface area contributed by atoms with Crippen LogP contribution in [0, 0.1) is 11.3 Å². The first-order valence-electron chi connectivity index (χ1n) is 12.2.